The molecule has 6 heteroatoms. The van der Waals surface area contributed by atoms with Crippen molar-refractivity contribution in [1.82, 2.24) is 4.57 Å². The molecule has 17 heavy (non-hydrogen) atoms. The summed E-state index contributed by atoms with van der Waals surface area (Å²) in [5, 5.41) is 19.6. The van der Waals surface area contributed by atoms with Crippen LogP contribution in [0.15, 0.2) is 36.9 Å². The molecule has 6 nitrogen and oxygen atoms in total. The number of hydrogen-bond acceptors (Lipinski definition) is 3. The molecular formula is C11H9N4O2+. The summed E-state index contributed by atoms with van der Waals surface area (Å²) in [5.74, 6) is 0. The lowest BCUT2D eigenvalue weighted by Crippen LogP contribution is -2.23. The first kappa shape index (κ1) is 10.8. The smallest absolute Gasteiger partial charge is 0.258 e. The van der Waals surface area contributed by atoms with E-state index in [9.17, 15) is 10.1 Å². The molecule has 0 N–H and O–H groups in total. The highest BCUT2D eigenvalue weighted by atomic mass is 16.6. The predicted octanol–water partition coefficient (Wildman–Crippen LogP) is 1.08. The second-order valence-electron chi connectivity index (χ2n) is 3.56. The normalized spacial score (nSPS) is 9.88. The van der Waals surface area contributed by atoms with Crippen molar-refractivity contribution in [2.75, 3.05) is 0 Å². The van der Waals surface area contributed by atoms with Gasteiger partial charge in [0.25, 0.3) is 5.69 Å². The molecule has 1 aromatic carbocycles. The van der Waals surface area contributed by atoms with Crippen molar-refractivity contribution >= 4 is 5.69 Å². The number of nitro groups is 1. The number of aromatic nitrogens is 2. The summed E-state index contributed by atoms with van der Waals surface area (Å²) < 4.78 is 3.56. The molecule has 0 amide bonds. The van der Waals surface area contributed by atoms with Crippen molar-refractivity contribution < 1.29 is 9.49 Å². The molecule has 0 aliphatic rings. The molecule has 1 heterocycles. The molecule has 0 spiro atoms. The Kier molecular flexibility index (Phi) is 2.58. The van der Waals surface area contributed by atoms with Crippen molar-refractivity contribution in [3.05, 3.63) is 52.6 Å². The number of benzene rings is 1. The van der Waals surface area contributed by atoms with Crippen LogP contribution in [0.4, 0.5) is 5.69 Å². The van der Waals surface area contributed by atoms with Crippen LogP contribution in [0.2, 0.25) is 0 Å². The molecule has 0 radical (unpaired) electrons. The fourth-order valence-corrected chi connectivity index (χ4v) is 1.54. The van der Waals surface area contributed by atoms with Crippen molar-refractivity contribution in [3.8, 4) is 11.8 Å². The van der Waals surface area contributed by atoms with Crippen molar-refractivity contribution in [3.63, 3.8) is 0 Å². The highest BCUT2D eigenvalue weighted by Crippen LogP contribution is 2.19. The Labute approximate surface area is 97.1 Å². The van der Waals surface area contributed by atoms with Crippen LogP contribution in [-0.4, -0.2) is 9.49 Å². The number of nitriles is 1. The van der Waals surface area contributed by atoms with Crippen molar-refractivity contribution in [1.29, 1.82) is 5.26 Å². The fourth-order valence-electron chi connectivity index (χ4n) is 1.54. The molecule has 0 unspecified atom stereocenters. The largest absolute Gasteiger partial charge is 0.271 e. The summed E-state index contributed by atoms with van der Waals surface area (Å²) >= 11 is 0. The summed E-state index contributed by atoms with van der Waals surface area (Å²) in [6.45, 7) is 0. The van der Waals surface area contributed by atoms with Gasteiger partial charge in [-0.3, -0.25) is 10.1 Å². The third-order valence-corrected chi connectivity index (χ3v) is 2.36. The molecule has 0 saturated heterocycles. The highest BCUT2D eigenvalue weighted by Gasteiger charge is 2.15. The summed E-state index contributed by atoms with van der Waals surface area (Å²) in [7, 11) is 1.86. The predicted molar refractivity (Wildman–Crippen MR) is 58.3 cm³/mol. The number of rotatable bonds is 2. The lowest BCUT2D eigenvalue weighted by atomic mass is 10.1. The van der Waals surface area contributed by atoms with Gasteiger partial charge in [-0.25, -0.2) is 9.13 Å². The number of aryl methyl sites for hydroxylation is 1. The quantitative estimate of drug-likeness (QED) is 0.439. The van der Waals surface area contributed by atoms with E-state index in [1.807, 2.05) is 23.9 Å². The summed E-state index contributed by atoms with van der Waals surface area (Å²) in [4.78, 5) is 10.1. The summed E-state index contributed by atoms with van der Waals surface area (Å²) in [5.41, 5.74) is 0.816. The van der Waals surface area contributed by atoms with Gasteiger partial charge in [-0.05, 0) is 6.07 Å². The van der Waals surface area contributed by atoms with E-state index in [-0.39, 0.29) is 11.3 Å². The lowest BCUT2D eigenvalue weighted by molar-refractivity contribution is -0.670. The minimum atomic E-state index is -0.514. The number of imidazole rings is 1. The van der Waals surface area contributed by atoms with E-state index >= 15 is 0 Å². The average Bonchev–Trinajstić information content (AvgIpc) is 2.74. The van der Waals surface area contributed by atoms with Gasteiger partial charge in [-0.2, -0.15) is 5.26 Å². The second kappa shape index (κ2) is 4.06. The molecule has 0 atom stereocenters. The van der Waals surface area contributed by atoms with Gasteiger partial charge in [0.1, 0.15) is 29.7 Å². The molecule has 0 saturated carbocycles. The maximum atomic E-state index is 10.6. The number of nitrogens with zero attached hydrogens (tertiary/aromatic N) is 4. The van der Waals surface area contributed by atoms with Crippen LogP contribution in [0.5, 0.6) is 0 Å². The minimum absolute atomic E-state index is 0.0816. The topological polar surface area (TPSA) is 75.7 Å². The van der Waals surface area contributed by atoms with Crippen LogP contribution in [-0.2, 0) is 7.05 Å². The van der Waals surface area contributed by atoms with E-state index < -0.39 is 4.92 Å². The molecule has 2 aromatic rings. The Morgan fingerprint density at radius 1 is 1.53 bits per heavy atom. The third kappa shape index (κ3) is 1.99. The Morgan fingerprint density at radius 2 is 2.29 bits per heavy atom. The minimum Gasteiger partial charge on any atom is -0.258 e. The molecule has 1 aromatic heterocycles. The monoisotopic (exact) mass is 229 g/mol. The van der Waals surface area contributed by atoms with E-state index in [1.165, 1.54) is 12.1 Å². The highest BCUT2D eigenvalue weighted by molar-refractivity contribution is 5.54. The first-order valence-electron chi connectivity index (χ1n) is 4.84. The van der Waals surface area contributed by atoms with Crippen molar-refractivity contribution in [2.45, 2.75) is 0 Å². The summed E-state index contributed by atoms with van der Waals surface area (Å²) in [6.07, 6.45) is 5.38. The van der Waals surface area contributed by atoms with Gasteiger partial charge in [0.05, 0.1) is 12.0 Å². The maximum absolute atomic E-state index is 10.6. The third-order valence-electron chi connectivity index (χ3n) is 2.36. The number of hydrogen-bond donors (Lipinski definition) is 0. The maximum Gasteiger partial charge on any atom is 0.271 e. The average molecular weight is 229 g/mol. The lowest BCUT2D eigenvalue weighted by Gasteiger charge is -1.98. The van der Waals surface area contributed by atoms with Gasteiger partial charge in [-0.1, -0.05) is 0 Å². The van der Waals surface area contributed by atoms with Crippen molar-refractivity contribution in [2.24, 2.45) is 7.05 Å². The fraction of sp³-hybridized carbons (Fsp3) is 0.0909. The molecule has 2 rings (SSSR count). The van der Waals surface area contributed by atoms with Gasteiger partial charge in [0, 0.05) is 12.1 Å². The van der Waals surface area contributed by atoms with Gasteiger partial charge < -0.3 is 0 Å². The van der Waals surface area contributed by atoms with Crippen LogP contribution in [0.3, 0.4) is 0 Å². The zero-order valence-electron chi connectivity index (χ0n) is 9.07. The van der Waals surface area contributed by atoms with E-state index in [0.717, 1.165) is 0 Å². The Hall–Kier alpha value is -2.68. The Balaban J connectivity index is 2.56. The van der Waals surface area contributed by atoms with Crippen LogP contribution in [0, 0.1) is 21.4 Å². The summed E-state index contributed by atoms with van der Waals surface area (Å²) in [6, 6.07) is 6.19. The zero-order chi connectivity index (χ0) is 12.4. The van der Waals surface area contributed by atoms with Gasteiger partial charge >= 0.3 is 0 Å². The standard InChI is InChI=1S/C11H9N4O2/c1-13-4-5-14(8-13)11-3-2-10(15(16)17)6-9(11)7-12/h2-6,8H,1H3/q+1. The number of non-ortho nitro benzene ring substituents is 1. The second-order valence-corrected chi connectivity index (χ2v) is 3.56. The van der Waals surface area contributed by atoms with Crippen LogP contribution in [0.25, 0.3) is 5.69 Å². The van der Waals surface area contributed by atoms with Gasteiger partial charge in [-0.15, -0.1) is 0 Å². The van der Waals surface area contributed by atoms with E-state index in [1.54, 1.807) is 23.2 Å². The van der Waals surface area contributed by atoms with E-state index in [0.29, 0.717) is 5.69 Å². The first-order chi connectivity index (χ1) is 8.11. The molecule has 0 aliphatic carbocycles. The molecule has 84 valence electrons. The van der Waals surface area contributed by atoms with Crippen LogP contribution >= 0.6 is 0 Å². The molecule has 0 fully saturated rings. The number of nitro benzene ring substituents is 1. The van der Waals surface area contributed by atoms with Crippen LogP contribution < -0.4 is 4.57 Å². The zero-order valence-corrected chi connectivity index (χ0v) is 9.07. The van der Waals surface area contributed by atoms with Crippen LogP contribution in [0.1, 0.15) is 5.56 Å². The van der Waals surface area contributed by atoms with Gasteiger partial charge in [0.2, 0.25) is 6.33 Å². The first-order valence-corrected chi connectivity index (χ1v) is 4.84. The van der Waals surface area contributed by atoms with E-state index in [4.69, 9.17) is 5.26 Å². The molecular weight excluding hydrogens is 220 g/mol. The Bertz CT molecular complexity index is 625. The molecule has 0 bridgehead atoms. The van der Waals surface area contributed by atoms with E-state index in [2.05, 4.69) is 0 Å². The molecule has 0 aliphatic heterocycles. The SMILES string of the molecule is C[n+]1ccn(-c2ccc([N+](=O)[O-])cc2C#N)c1. The van der Waals surface area contributed by atoms with Gasteiger partial charge in [0.15, 0.2) is 0 Å². The Morgan fingerprint density at radius 3 is 2.82 bits per heavy atom.